The van der Waals surface area contributed by atoms with Gasteiger partial charge in [0.25, 0.3) is 0 Å². The predicted octanol–water partition coefficient (Wildman–Crippen LogP) is -0.363. The highest BCUT2D eigenvalue weighted by molar-refractivity contribution is 6.58. The van der Waals surface area contributed by atoms with Gasteiger partial charge in [-0.05, 0) is 30.5 Å². The van der Waals surface area contributed by atoms with Crippen molar-refractivity contribution in [2.24, 2.45) is 0 Å². The average Bonchev–Trinajstić information content (AvgIpc) is 2.26. The zero-order chi connectivity index (χ0) is 14.8. The summed E-state index contributed by atoms with van der Waals surface area (Å²) in [6, 6.07) is 5.05. The number of hydrogen-bond acceptors (Lipinski definition) is 4. The summed E-state index contributed by atoms with van der Waals surface area (Å²) in [5.74, 6) is -0.275. The Morgan fingerprint density at radius 2 is 2.43 bits per heavy atom. The van der Waals surface area contributed by atoms with E-state index in [2.05, 4.69) is 0 Å². The Labute approximate surface area is 89.5 Å². The van der Waals surface area contributed by atoms with Gasteiger partial charge < -0.3 is 14.8 Å². The summed E-state index contributed by atoms with van der Waals surface area (Å²) in [7, 11) is -1.88. The summed E-state index contributed by atoms with van der Waals surface area (Å²) < 4.78 is 40.3. The molecular formula is C9H10BNO3. The molecule has 0 saturated carbocycles. The minimum atomic E-state index is -3.02. The van der Waals surface area contributed by atoms with Crippen molar-refractivity contribution < 1.29 is 21.6 Å². The maximum Gasteiger partial charge on any atom is 0.488 e. The van der Waals surface area contributed by atoms with Crippen molar-refractivity contribution in [2.45, 2.75) is 6.85 Å². The Hall–Kier alpha value is -1.51. The van der Waals surface area contributed by atoms with Crippen LogP contribution in [-0.4, -0.2) is 23.7 Å². The second kappa shape index (κ2) is 4.65. The van der Waals surface area contributed by atoms with E-state index in [1.165, 1.54) is 6.07 Å². The first-order chi connectivity index (χ1) is 8.56. The molecule has 0 unspecified atom stereocenters. The van der Waals surface area contributed by atoms with Crippen LogP contribution in [0.1, 0.15) is 19.3 Å². The molecule has 0 heterocycles. The molecule has 0 aliphatic rings. The molecule has 0 fully saturated rings. The van der Waals surface area contributed by atoms with Gasteiger partial charge in [-0.3, -0.25) is 0 Å². The van der Waals surface area contributed by atoms with Crippen LogP contribution in [0.25, 0.3) is 0 Å². The van der Waals surface area contributed by atoms with Crippen LogP contribution in [0.4, 0.5) is 0 Å². The van der Waals surface area contributed by atoms with Gasteiger partial charge in [0.1, 0.15) is 5.75 Å². The Bertz CT molecular complexity index is 512. The molecule has 0 atom stereocenters. The summed E-state index contributed by atoms with van der Waals surface area (Å²) in [6.07, 6.45) is 0. The molecule has 14 heavy (non-hydrogen) atoms. The lowest BCUT2D eigenvalue weighted by atomic mass is 9.79. The third-order valence-corrected chi connectivity index (χ3v) is 1.52. The first-order valence-electron chi connectivity index (χ1n) is 6.17. The smallest absolute Gasteiger partial charge is 0.488 e. The van der Waals surface area contributed by atoms with Crippen molar-refractivity contribution >= 4 is 12.6 Å². The van der Waals surface area contributed by atoms with E-state index in [0.717, 1.165) is 12.1 Å². The van der Waals surface area contributed by atoms with Gasteiger partial charge in [0.2, 0.25) is 0 Å². The van der Waals surface area contributed by atoms with Gasteiger partial charge in [-0.25, -0.2) is 0 Å². The zero-order valence-electron chi connectivity index (χ0n) is 12.1. The number of rotatable bonds is 3. The predicted molar refractivity (Wildman–Crippen MR) is 52.2 cm³/mol. The van der Waals surface area contributed by atoms with E-state index in [1.54, 1.807) is 6.07 Å². The summed E-state index contributed by atoms with van der Waals surface area (Å²) >= 11 is 0. The Morgan fingerprint density at radius 3 is 3.00 bits per heavy atom. The number of ether oxygens (including phenoxy) is 1. The lowest BCUT2D eigenvalue weighted by Crippen LogP contribution is -2.30. The highest BCUT2D eigenvalue weighted by Crippen LogP contribution is 2.11. The highest BCUT2D eigenvalue weighted by atomic mass is 16.5. The fourth-order valence-electron chi connectivity index (χ4n) is 0.954. The van der Waals surface area contributed by atoms with Crippen LogP contribution in [0, 0.1) is 11.3 Å². The molecule has 1 aromatic rings. The monoisotopic (exact) mass is 196 g/mol. The van der Waals surface area contributed by atoms with Gasteiger partial charge in [0.05, 0.1) is 20.9 Å². The van der Waals surface area contributed by atoms with Gasteiger partial charge in [-0.2, -0.15) is 5.26 Å². The maximum atomic E-state index is 9.01. The van der Waals surface area contributed by atoms with Crippen molar-refractivity contribution in [3.8, 4) is 11.8 Å². The van der Waals surface area contributed by atoms with E-state index < -0.39 is 20.5 Å². The molecule has 0 radical (unpaired) electrons. The van der Waals surface area contributed by atoms with Crippen LogP contribution in [0.15, 0.2) is 18.2 Å². The zero-order valence-corrected chi connectivity index (χ0v) is 7.06. The molecule has 2 N–H and O–H groups in total. The van der Waals surface area contributed by atoms with Gasteiger partial charge in [-0.1, -0.05) is 0 Å². The van der Waals surface area contributed by atoms with Gasteiger partial charge in [0.15, 0.2) is 0 Å². The normalized spacial score (nSPS) is 16.5. The van der Waals surface area contributed by atoms with Crippen molar-refractivity contribution in [1.82, 2.24) is 0 Å². The maximum absolute atomic E-state index is 9.01. The van der Waals surface area contributed by atoms with E-state index in [4.69, 9.17) is 26.9 Å². The van der Waals surface area contributed by atoms with E-state index in [9.17, 15) is 0 Å². The SMILES string of the molecule is [2H]C([2H])([2H])C([2H])([2H])Oc1cc(C#N)cc(B(O)O)c1. The molecule has 0 bridgehead atoms. The molecule has 0 aliphatic carbocycles. The molecule has 0 spiro atoms. The first kappa shape index (κ1) is 5.39. The third kappa shape index (κ3) is 2.49. The summed E-state index contributed by atoms with van der Waals surface area (Å²) in [6.45, 7) is -5.98. The molecular weight excluding hydrogens is 181 g/mol. The van der Waals surface area contributed by atoms with Gasteiger partial charge in [0, 0.05) is 4.11 Å². The first-order valence-corrected chi connectivity index (χ1v) is 3.67. The van der Waals surface area contributed by atoms with Crippen LogP contribution >= 0.6 is 0 Å². The van der Waals surface area contributed by atoms with Crippen LogP contribution < -0.4 is 10.2 Å². The van der Waals surface area contributed by atoms with Crippen LogP contribution in [0.5, 0.6) is 5.75 Å². The molecule has 1 rings (SSSR count). The van der Waals surface area contributed by atoms with Gasteiger partial charge in [-0.15, -0.1) is 0 Å². The molecule has 0 amide bonds. The lowest BCUT2D eigenvalue weighted by molar-refractivity contribution is 0.340. The second-order valence-electron chi connectivity index (χ2n) is 2.48. The van der Waals surface area contributed by atoms with E-state index in [1.807, 2.05) is 0 Å². The van der Waals surface area contributed by atoms with Crippen LogP contribution in [0.2, 0.25) is 0 Å². The molecule has 0 aromatic heterocycles. The molecule has 1 aromatic carbocycles. The summed E-state index contributed by atoms with van der Waals surface area (Å²) in [4.78, 5) is 0. The quantitative estimate of drug-likeness (QED) is 0.647. The minimum Gasteiger partial charge on any atom is -0.494 e. The van der Waals surface area contributed by atoms with Crippen molar-refractivity contribution in [2.75, 3.05) is 6.56 Å². The van der Waals surface area contributed by atoms with Crippen molar-refractivity contribution in [3.05, 3.63) is 23.8 Å². The molecule has 4 nitrogen and oxygen atoms in total. The summed E-state index contributed by atoms with van der Waals surface area (Å²) in [5, 5.41) is 26.8. The highest BCUT2D eigenvalue weighted by Gasteiger charge is 2.13. The van der Waals surface area contributed by atoms with Crippen LogP contribution in [-0.2, 0) is 0 Å². The summed E-state index contributed by atoms with van der Waals surface area (Å²) in [5.41, 5.74) is -0.114. The van der Waals surface area contributed by atoms with Gasteiger partial charge >= 0.3 is 7.12 Å². The van der Waals surface area contributed by atoms with E-state index in [-0.39, 0.29) is 16.8 Å². The standard InChI is InChI=1S/C9H10BNO3/c1-2-14-9-4-7(6-11)3-8(5-9)10(12)13/h3-5,12-13H,2H2,1H3/i1D3,2D2. The largest absolute Gasteiger partial charge is 0.494 e. The molecule has 0 aliphatic heterocycles. The third-order valence-electron chi connectivity index (χ3n) is 1.52. The number of hydrogen-bond donors (Lipinski definition) is 2. The topological polar surface area (TPSA) is 73.5 Å². The Morgan fingerprint density at radius 1 is 1.64 bits per heavy atom. The van der Waals surface area contributed by atoms with Crippen molar-refractivity contribution in [3.63, 3.8) is 0 Å². The fourth-order valence-corrected chi connectivity index (χ4v) is 0.954. The fraction of sp³-hybridized carbons (Fsp3) is 0.222. The van der Waals surface area contributed by atoms with E-state index >= 15 is 0 Å². The minimum absolute atomic E-state index is 0.0121. The number of nitrogens with zero attached hydrogens (tertiary/aromatic N) is 1. The van der Waals surface area contributed by atoms with Crippen LogP contribution in [0.3, 0.4) is 0 Å². The van der Waals surface area contributed by atoms with E-state index in [0.29, 0.717) is 0 Å². The molecule has 5 heteroatoms. The van der Waals surface area contributed by atoms with Crippen molar-refractivity contribution in [1.29, 1.82) is 5.26 Å². The Kier molecular flexibility index (Phi) is 1.79. The second-order valence-corrected chi connectivity index (χ2v) is 2.48. The molecule has 0 saturated heterocycles. The average molecular weight is 196 g/mol. The molecule has 72 valence electrons. The number of benzene rings is 1. The Balaban J connectivity index is 3.15. The lowest BCUT2D eigenvalue weighted by Gasteiger charge is -2.06. The number of nitriles is 1.